The summed E-state index contributed by atoms with van der Waals surface area (Å²) in [6.45, 7) is 1.77. The lowest BCUT2D eigenvalue weighted by molar-refractivity contribution is -0.384. The second-order valence-electron chi connectivity index (χ2n) is 8.01. The average molecular weight is 515 g/mol. The second-order valence-corrected chi connectivity index (χ2v) is 8.89. The average Bonchev–Trinajstić information content (AvgIpc) is 3.14. The molecule has 0 aliphatic heterocycles. The number of hydrogen-bond donors (Lipinski definition) is 2. The van der Waals surface area contributed by atoms with Crippen molar-refractivity contribution >= 4 is 52.1 Å². The summed E-state index contributed by atoms with van der Waals surface area (Å²) in [6, 6.07) is 10.5. The molecule has 1 aromatic heterocycles. The summed E-state index contributed by atoms with van der Waals surface area (Å²) in [6.07, 6.45) is 2.02. The van der Waals surface area contributed by atoms with Crippen molar-refractivity contribution in [2.75, 3.05) is 5.32 Å². The number of fused-ring (bicyclic) bond motifs is 1. The molecule has 9 nitrogen and oxygen atoms in total. The molecule has 0 atom stereocenters. The van der Waals surface area contributed by atoms with Gasteiger partial charge in [0.15, 0.2) is 5.76 Å². The highest BCUT2D eigenvalue weighted by Crippen LogP contribution is 2.31. The van der Waals surface area contributed by atoms with Gasteiger partial charge in [-0.3, -0.25) is 19.7 Å². The van der Waals surface area contributed by atoms with Crippen molar-refractivity contribution in [1.82, 2.24) is 5.43 Å². The molecule has 35 heavy (non-hydrogen) atoms. The number of anilines is 1. The molecule has 0 fully saturated rings. The van der Waals surface area contributed by atoms with Crippen LogP contribution in [-0.2, 0) is 17.6 Å². The summed E-state index contributed by atoms with van der Waals surface area (Å²) >= 11 is 12.0. The summed E-state index contributed by atoms with van der Waals surface area (Å²) in [4.78, 5) is 35.5. The normalized spacial score (nSPS) is 13.9. The Morgan fingerprint density at radius 1 is 1.11 bits per heavy atom. The van der Waals surface area contributed by atoms with Crippen molar-refractivity contribution in [1.29, 1.82) is 0 Å². The fourth-order valence-corrected chi connectivity index (χ4v) is 4.43. The Morgan fingerprint density at radius 2 is 1.80 bits per heavy atom. The molecule has 0 saturated heterocycles. The van der Waals surface area contributed by atoms with Crippen LogP contribution >= 0.6 is 23.2 Å². The topological polar surface area (TPSA) is 127 Å². The van der Waals surface area contributed by atoms with E-state index in [0.29, 0.717) is 56.7 Å². The smallest absolute Gasteiger partial charge is 0.291 e. The molecule has 0 unspecified atom stereocenters. The van der Waals surface area contributed by atoms with Gasteiger partial charge in [-0.15, -0.1) is 0 Å². The monoisotopic (exact) mass is 514 g/mol. The van der Waals surface area contributed by atoms with Gasteiger partial charge in [0.25, 0.3) is 11.6 Å². The van der Waals surface area contributed by atoms with Crippen LogP contribution in [0.1, 0.15) is 45.8 Å². The maximum Gasteiger partial charge on any atom is 0.291 e. The first-order valence-electron chi connectivity index (χ1n) is 10.7. The molecule has 11 heteroatoms. The van der Waals surface area contributed by atoms with Crippen LogP contribution in [0.4, 0.5) is 11.4 Å². The highest BCUT2D eigenvalue weighted by Gasteiger charge is 2.28. The van der Waals surface area contributed by atoms with E-state index in [1.165, 1.54) is 24.3 Å². The Balaban J connectivity index is 1.48. The fourth-order valence-electron chi connectivity index (χ4n) is 3.90. The summed E-state index contributed by atoms with van der Waals surface area (Å²) in [5.41, 5.74) is 5.51. The van der Waals surface area contributed by atoms with Crippen LogP contribution in [-0.4, -0.2) is 22.4 Å². The number of benzene rings is 2. The zero-order chi connectivity index (χ0) is 25.1. The number of nitrogens with zero attached hydrogens (tertiary/aromatic N) is 2. The Morgan fingerprint density at radius 3 is 2.46 bits per heavy atom. The minimum absolute atomic E-state index is 0.0157. The molecule has 180 valence electrons. The van der Waals surface area contributed by atoms with Gasteiger partial charge in [-0.25, -0.2) is 5.43 Å². The van der Waals surface area contributed by atoms with Crippen molar-refractivity contribution in [3.05, 3.63) is 90.8 Å². The van der Waals surface area contributed by atoms with E-state index in [-0.39, 0.29) is 23.8 Å². The maximum atomic E-state index is 12.9. The number of non-ortho nitro benzene ring substituents is 1. The number of furan rings is 1. The van der Waals surface area contributed by atoms with E-state index < -0.39 is 10.8 Å². The number of halogens is 2. The molecule has 2 aromatic carbocycles. The predicted octanol–water partition coefficient (Wildman–Crippen LogP) is 5.45. The number of nitro groups is 1. The van der Waals surface area contributed by atoms with E-state index in [4.69, 9.17) is 27.6 Å². The molecule has 2 N–H and O–H groups in total. The maximum absolute atomic E-state index is 12.9. The number of rotatable bonds is 6. The molecule has 1 heterocycles. The molecule has 1 aliphatic rings. The molecule has 1 aliphatic carbocycles. The van der Waals surface area contributed by atoms with Crippen LogP contribution < -0.4 is 10.7 Å². The zero-order valence-corrected chi connectivity index (χ0v) is 20.1. The summed E-state index contributed by atoms with van der Waals surface area (Å²) in [5, 5.41) is 18.6. The largest absolute Gasteiger partial charge is 0.455 e. The standard InChI is InChI=1S/C24H20Cl2N4O5/c1-13-22-19(28-29-21(31)9-14-5-7-18(8-6-14)30(33)34)3-2-4-20(22)35-23(13)24(32)27-17-11-15(25)10-16(26)12-17/h5-8,10-12H,2-4,9H2,1H3,(H,27,32)(H,29,31)/b28-19+. The van der Waals surface area contributed by atoms with Crippen LogP contribution in [0.15, 0.2) is 52.0 Å². The van der Waals surface area contributed by atoms with Crippen molar-refractivity contribution in [2.24, 2.45) is 5.10 Å². The highest BCUT2D eigenvalue weighted by molar-refractivity contribution is 6.35. The third-order valence-electron chi connectivity index (χ3n) is 5.48. The first kappa shape index (κ1) is 24.4. The van der Waals surface area contributed by atoms with Gasteiger partial charge in [0.1, 0.15) is 5.76 Å². The number of hydrazone groups is 1. The van der Waals surface area contributed by atoms with Gasteiger partial charge in [-0.1, -0.05) is 35.3 Å². The van der Waals surface area contributed by atoms with Crippen molar-refractivity contribution in [3.8, 4) is 0 Å². The minimum Gasteiger partial charge on any atom is -0.455 e. The zero-order valence-electron chi connectivity index (χ0n) is 18.6. The molecule has 2 amide bonds. The van der Waals surface area contributed by atoms with Crippen LogP contribution in [0, 0.1) is 17.0 Å². The Hall–Kier alpha value is -3.69. The Bertz CT molecular complexity index is 1330. The summed E-state index contributed by atoms with van der Waals surface area (Å²) in [7, 11) is 0. The predicted molar refractivity (Wildman–Crippen MR) is 132 cm³/mol. The van der Waals surface area contributed by atoms with Gasteiger partial charge in [-0.05, 0) is 43.5 Å². The second kappa shape index (κ2) is 10.3. The van der Waals surface area contributed by atoms with E-state index in [9.17, 15) is 19.7 Å². The number of nitrogens with one attached hydrogen (secondary N) is 2. The van der Waals surface area contributed by atoms with Crippen molar-refractivity contribution < 1.29 is 18.9 Å². The van der Waals surface area contributed by atoms with Gasteiger partial charge in [-0.2, -0.15) is 5.10 Å². The van der Waals surface area contributed by atoms with Crippen molar-refractivity contribution in [3.63, 3.8) is 0 Å². The van der Waals surface area contributed by atoms with Crippen molar-refractivity contribution in [2.45, 2.75) is 32.6 Å². The van der Waals surface area contributed by atoms with Crippen LogP contribution in [0.25, 0.3) is 0 Å². The number of amides is 2. The molecule has 3 aromatic rings. The fraction of sp³-hybridized carbons (Fsp3) is 0.208. The lowest BCUT2D eigenvalue weighted by Crippen LogP contribution is -2.23. The molecular formula is C24H20Cl2N4O5. The number of hydrogen-bond acceptors (Lipinski definition) is 6. The van der Waals surface area contributed by atoms with E-state index in [0.717, 1.165) is 6.42 Å². The van der Waals surface area contributed by atoms with E-state index in [2.05, 4.69) is 15.8 Å². The first-order valence-corrected chi connectivity index (χ1v) is 11.5. The number of aryl methyl sites for hydroxylation is 1. The SMILES string of the molecule is Cc1c(C(=O)Nc2cc(Cl)cc(Cl)c2)oc2c1/C(=N/NC(=O)Cc1ccc([N+](=O)[O-])cc1)CCC2. The quantitative estimate of drug-likeness (QED) is 0.333. The van der Waals surface area contributed by atoms with Gasteiger partial charge >= 0.3 is 0 Å². The Labute approximate surface area is 210 Å². The third-order valence-corrected chi connectivity index (χ3v) is 5.92. The van der Waals surface area contributed by atoms with E-state index in [1.54, 1.807) is 25.1 Å². The van der Waals surface area contributed by atoms with Crippen LogP contribution in [0.2, 0.25) is 10.0 Å². The number of carbonyl (C=O) groups excluding carboxylic acids is 2. The lowest BCUT2D eigenvalue weighted by Gasteiger charge is -2.13. The van der Waals surface area contributed by atoms with Crippen LogP contribution in [0.3, 0.4) is 0 Å². The summed E-state index contributed by atoms with van der Waals surface area (Å²) < 4.78 is 5.87. The lowest BCUT2D eigenvalue weighted by atomic mass is 9.93. The molecular weight excluding hydrogens is 495 g/mol. The summed E-state index contributed by atoms with van der Waals surface area (Å²) in [5.74, 6) is -0.0310. The van der Waals surface area contributed by atoms with Gasteiger partial charge in [0.05, 0.1) is 17.1 Å². The van der Waals surface area contributed by atoms with E-state index in [1.807, 2.05) is 0 Å². The van der Waals surface area contributed by atoms with Gasteiger partial charge in [0.2, 0.25) is 5.91 Å². The van der Waals surface area contributed by atoms with Gasteiger partial charge < -0.3 is 9.73 Å². The third kappa shape index (κ3) is 5.70. The molecule has 4 rings (SSSR count). The van der Waals surface area contributed by atoms with Crippen LogP contribution in [0.5, 0.6) is 0 Å². The molecule has 0 saturated carbocycles. The van der Waals surface area contributed by atoms with E-state index >= 15 is 0 Å². The molecule has 0 spiro atoms. The number of nitro benzene ring substituents is 1. The van der Waals surface area contributed by atoms with Gasteiger partial charge in [0, 0.05) is 45.4 Å². The molecule has 0 bridgehead atoms. The highest BCUT2D eigenvalue weighted by atomic mass is 35.5. The minimum atomic E-state index is -0.498. The number of carbonyl (C=O) groups is 2. The first-order chi connectivity index (χ1) is 16.7. The Kier molecular flexibility index (Phi) is 7.18. The molecule has 0 radical (unpaired) electrons.